The van der Waals surface area contributed by atoms with E-state index < -0.39 is 0 Å². The summed E-state index contributed by atoms with van der Waals surface area (Å²) in [5.74, 6) is 0.789. The lowest BCUT2D eigenvalue weighted by Gasteiger charge is -2.29. The zero-order valence-electron chi connectivity index (χ0n) is 13.5. The number of fused-ring (bicyclic) bond motifs is 1. The van der Waals surface area contributed by atoms with Crippen LogP contribution in [0.25, 0.3) is 5.57 Å². The van der Waals surface area contributed by atoms with E-state index in [4.69, 9.17) is 21.4 Å². The van der Waals surface area contributed by atoms with Crippen LogP contribution in [0, 0.1) is 6.07 Å². The maximum Gasteiger partial charge on any atom is 0.168 e. The molecule has 0 N–H and O–H groups in total. The molecule has 1 aliphatic heterocycles. The molecule has 1 heterocycles. The minimum absolute atomic E-state index is 0.0448. The zero-order valence-corrected chi connectivity index (χ0v) is 14.3. The molecular formula is C19H21ClNO2. The summed E-state index contributed by atoms with van der Waals surface area (Å²) < 4.78 is 0. The van der Waals surface area contributed by atoms with E-state index in [1.807, 2.05) is 30.4 Å². The summed E-state index contributed by atoms with van der Waals surface area (Å²) in [5.41, 5.74) is 3.26. The van der Waals surface area contributed by atoms with E-state index in [1.165, 1.54) is 0 Å². The molecule has 121 valence electrons. The summed E-state index contributed by atoms with van der Waals surface area (Å²) in [6.07, 6.45) is 6.87. The van der Waals surface area contributed by atoms with Gasteiger partial charge >= 0.3 is 0 Å². The Kier molecular flexibility index (Phi) is 5.21. The monoisotopic (exact) mass is 330 g/mol. The first-order valence-corrected chi connectivity index (χ1v) is 8.43. The largest absolute Gasteiger partial charge is 0.337 e. The fraction of sp³-hybridized carbons (Fsp3) is 0.368. The summed E-state index contributed by atoms with van der Waals surface area (Å²) in [7, 11) is 0. The highest BCUT2D eigenvalue weighted by Crippen LogP contribution is 2.36. The van der Waals surface area contributed by atoms with Crippen LogP contribution >= 0.6 is 11.6 Å². The minimum atomic E-state index is -0.0448. The Morgan fingerprint density at radius 1 is 1.26 bits per heavy atom. The van der Waals surface area contributed by atoms with Crippen molar-refractivity contribution in [2.45, 2.75) is 26.4 Å². The maximum absolute atomic E-state index is 6.29. The van der Waals surface area contributed by atoms with Gasteiger partial charge in [0.05, 0.1) is 0 Å². The Hall–Kier alpha value is -1.55. The average Bonchev–Trinajstić information content (AvgIpc) is 2.59. The van der Waals surface area contributed by atoms with Gasteiger partial charge in [0.1, 0.15) is 6.10 Å². The number of rotatable bonds is 5. The van der Waals surface area contributed by atoms with Gasteiger partial charge in [0, 0.05) is 29.1 Å². The second kappa shape index (κ2) is 7.35. The predicted octanol–water partition coefficient (Wildman–Crippen LogP) is 4.41. The van der Waals surface area contributed by atoms with Crippen LogP contribution in [0.1, 0.15) is 25.8 Å². The zero-order chi connectivity index (χ0) is 16.2. The molecule has 4 heteroatoms. The van der Waals surface area contributed by atoms with Gasteiger partial charge in [-0.15, -0.1) is 0 Å². The van der Waals surface area contributed by atoms with Crippen LogP contribution in [0.15, 0.2) is 47.8 Å². The third-order valence-electron chi connectivity index (χ3n) is 4.24. The van der Waals surface area contributed by atoms with Crippen molar-refractivity contribution in [3.05, 3.63) is 64.4 Å². The molecule has 1 unspecified atom stereocenters. The van der Waals surface area contributed by atoms with Crippen molar-refractivity contribution in [2.24, 2.45) is 0 Å². The van der Waals surface area contributed by atoms with Crippen molar-refractivity contribution in [3.63, 3.8) is 0 Å². The van der Waals surface area contributed by atoms with Gasteiger partial charge in [0.2, 0.25) is 0 Å². The van der Waals surface area contributed by atoms with E-state index in [2.05, 4.69) is 30.9 Å². The maximum atomic E-state index is 6.29. The van der Waals surface area contributed by atoms with Crippen LogP contribution in [0.3, 0.4) is 0 Å². The van der Waals surface area contributed by atoms with Crippen LogP contribution in [0.2, 0.25) is 5.02 Å². The van der Waals surface area contributed by atoms with Gasteiger partial charge in [-0.25, -0.2) is 0 Å². The third-order valence-corrected chi connectivity index (χ3v) is 4.56. The molecule has 0 aromatic heterocycles. The highest BCUT2D eigenvalue weighted by atomic mass is 35.5. The van der Waals surface area contributed by atoms with E-state index in [0.717, 1.165) is 53.5 Å². The van der Waals surface area contributed by atoms with Crippen molar-refractivity contribution in [1.82, 2.24) is 4.90 Å². The molecule has 23 heavy (non-hydrogen) atoms. The van der Waals surface area contributed by atoms with Gasteiger partial charge < -0.3 is 9.79 Å². The van der Waals surface area contributed by atoms with Gasteiger partial charge in [0.25, 0.3) is 0 Å². The number of hydrogen-bond donors (Lipinski definition) is 0. The molecule has 1 aliphatic carbocycles. The number of halogens is 1. The first-order chi connectivity index (χ1) is 11.2. The summed E-state index contributed by atoms with van der Waals surface area (Å²) in [6, 6.07) is 8.91. The van der Waals surface area contributed by atoms with Crippen molar-refractivity contribution in [3.8, 4) is 0 Å². The SMILES string of the molecule is CCN(CC)CC1C=C2CC(c3[c]cccc3Cl)=CC=C2OO1. The summed E-state index contributed by atoms with van der Waals surface area (Å²) in [6.45, 7) is 7.14. The van der Waals surface area contributed by atoms with E-state index in [0.29, 0.717) is 0 Å². The molecule has 3 rings (SSSR count). The molecule has 1 aromatic carbocycles. The van der Waals surface area contributed by atoms with Crippen LogP contribution in [0.5, 0.6) is 0 Å². The van der Waals surface area contributed by atoms with Crippen LogP contribution in [0.4, 0.5) is 0 Å². The van der Waals surface area contributed by atoms with Crippen molar-refractivity contribution in [1.29, 1.82) is 0 Å². The molecule has 0 fully saturated rings. The van der Waals surface area contributed by atoms with Crippen molar-refractivity contribution < 1.29 is 9.78 Å². The fourth-order valence-electron chi connectivity index (χ4n) is 2.88. The van der Waals surface area contributed by atoms with Gasteiger partial charge in [-0.2, -0.15) is 4.89 Å². The lowest BCUT2D eigenvalue weighted by Crippen LogP contribution is -2.34. The van der Waals surface area contributed by atoms with Gasteiger partial charge in [-0.3, -0.25) is 0 Å². The molecule has 0 saturated heterocycles. The van der Waals surface area contributed by atoms with E-state index in [9.17, 15) is 0 Å². The number of hydrogen-bond acceptors (Lipinski definition) is 3. The summed E-state index contributed by atoms with van der Waals surface area (Å²) in [4.78, 5) is 13.3. The van der Waals surface area contributed by atoms with Gasteiger partial charge in [0.15, 0.2) is 5.76 Å². The lowest BCUT2D eigenvalue weighted by atomic mass is 9.91. The lowest BCUT2D eigenvalue weighted by molar-refractivity contribution is -0.289. The van der Waals surface area contributed by atoms with E-state index in [1.54, 1.807) is 0 Å². The molecule has 0 amide bonds. The molecule has 3 nitrogen and oxygen atoms in total. The average molecular weight is 331 g/mol. The molecule has 2 aliphatic rings. The van der Waals surface area contributed by atoms with Crippen LogP contribution < -0.4 is 0 Å². The summed E-state index contributed by atoms with van der Waals surface area (Å²) >= 11 is 6.29. The number of allylic oxidation sites excluding steroid dienone is 4. The third kappa shape index (κ3) is 3.69. The molecule has 0 saturated carbocycles. The van der Waals surface area contributed by atoms with Gasteiger partial charge in [-0.05, 0) is 42.9 Å². The molecule has 1 atom stereocenters. The Morgan fingerprint density at radius 2 is 2.09 bits per heavy atom. The Bertz CT molecular complexity index is 659. The Balaban J connectivity index is 1.79. The quantitative estimate of drug-likeness (QED) is 0.746. The summed E-state index contributed by atoms with van der Waals surface area (Å²) in [5, 5.41) is 0.726. The molecular weight excluding hydrogens is 310 g/mol. The van der Waals surface area contributed by atoms with E-state index >= 15 is 0 Å². The standard InChI is InChI=1S/C19H21ClNO2/c1-3-21(4-2)13-16-12-15-11-14(9-10-19(15)23-22-16)17-7-5-6-8-18(17)20/h5-6,8-10,12,16H,3-4,11,13H2,1-2H3. The normalized spacial score (nSPS) is 20.3. The minimum Gasteiger partial charge on any atom is -0.337 e. The Labute approximate surface area is 142 Å². The first-order valence-electron chi connectivity index (χ1n) is 8.05. The van der Waals surface area contributed by atoms with Crippen LogP contribution in [-0.2, 0) is 9.78 Å². The second-order valence-electron chi connectivity index (χ2n) is 5.69. The number of benzene rings is 1. The fourth-order valence-corrected chi connectivity index (χ4v) is 3.12. The molecule has 0 spiro atoms. The van der Waals surface area contributed by atoms with Crippen molar-refractivity contribution in [2.75, 3.05) is 19.6 Å². The number of likely N-dealkylation sites (N-methyl/N-ethyl adjacent to an activating group) is 1. The molecule has 1 aromatic rings. The highest BCUT2D eigenvalue weighted by Gasteiger charge is 2.25. The molecule has 1 radical (unpaired) electrons. The Morgan fingerprint density at radius 3 is 2.83 bits per heavy atom. The topological polar surface area (TPSA) is 21.7 Å². The predicted molar refractivity (Wildman–Crippen MR) is 92.8 cm³/mol. The van der Waals surface area contributed by atoms with Crippen molar-refractivity contribution >= 4 is 17.2 Å². The van der Waals surface area contributed by atoms with E-state index in [-0.39, 0.29) is 6.10 Å². The first kappa shape index (κ1) is 16.3. The second-order valence-corrected chi connectivity index (χ2v) is 6.10. The van der Waals surface area contributed by atoms with Gasteiger partial charge in [-0.1, -0.05) is 43.7 Å². The van der Waals surface area contributed by atoms with Crippen LogP contribution in [-0.4, -0.2) is 30.6 Å². The number of nitrogens with zero attached hydrogens (tertiary/aromatic N) is 1. The molecule has 0 bridgehead atoms. The smallest absolute Gasteiger partial charge is 0.168 e. The highest BCUT2D eigenvalue weighted by molar-refractivity contribution is 6.32.